The Labute approximate surface area is 316 Å². The molecule has 0 bridgehead atoms. The predicted molar refractivity (Wildman–Crippen MR) is 226 cm³/mol. The summed E-state index contributed by atoms with van der Waals surface area (Å²) >= 11 is 0. The molecule has 0 saturated heterocycles. The molecule has 2 aliphatic rings. The van der Waals surface area contributed by atoms with Crippen LogP contribution < -0.4 is 0 Å². The van der Waals surface area contributed by atoms with Gasteiger partial charge in [0.05, 0.1) is 11.4 Å². The summed E-state index contributed by atoms with van der Waals surface area (Å²) in [5.74, 6) is 0.714. The third kappa shape index (κ3) is 5.25. The van der Waals surface area contributed by atoms with Crippen molar-refractivity contribution in [1.82, 2.24) is 9.97 Å². The third-order valence-electron chi connectivity index (χ3n) is 11.4. The molecular formula is C52H38N2. The van der Waals surface area contributed by atoms with Crippen molar-refractivity contribution in [3.8, 4) is 56.2 Å². The van der Waals surface area contributed by atoms with Gasteiger partial charge in [-0.15, -0.1) is 0 Å². The molecule has 54 heavy (non-hydrogen) atoms. The predicted octanol–water partition coefficient (Wildman–Crippen LogP) is 13.5. The Morgan fingerprint density at radius 2 is 1.04 bits per heavy atom. The average molecular weight is 691 g/mol. The summed E-state index contributed by atoms with van der Waals surface area (Å²) in [6, 6.07) is 59.0. The Bertz CT molecular complexity index is 2810. The van der Waals surface area contributed by atoms with Gasteiger partial charge >= 0.3 is 0 Å². The van der Waals surface area contributed by atoms with Crippen LogP contribution in [0.15, 0.2) is 176 Å². The van der Waals surface area contributed by atoms with Gasteiger partial charge in [0.2, 0.25) is 0 Å². The van der Waals surface area contributed by atoms with Crippen molar-refractivity contribution in [2.45, 2.75) is 25.7 Å². The molecule has 0 saturated carbocycles. The summed E-state index contributed by atoms with van der Waals surface area (Å²) in [6.07, 6.45) is 7.72. The molecule has 256 valence electrons. The van der Waals surface area contributed by atoms with E-state index < -0.39 is 0 Å². The van der Waals surface area contributed by atoms with Gasteiger partial charge in [0, 0.05) is 22.1 Å². The van der Waals surface area contributed by atoms with Gasteiger partial charge in [-0.2, -0.15) is 0 Å². The first-order chi connectivity index (χ1) is 26.5. The third-order valence-corrected chi connectivity index (χ3v) is 11.4. The monoisotopic (exact) mass is 690 g/mol. The zero-order valence-electron chi connectivity index (χ0n) is 30.4. The van der Waals surface area contributed by atoms with Crippen LogP contribution in [-0.2, 0) is 5.41 Å². The fourth-order valence-electron chi connectivity index (χ4n) is 8.66. The van der Waals surface area contributed by atoms with Gasteiger partial charge in [0.15, 0.2) is 5.82 Å². The van der Waals surface area contributed by atoms with Crippen LogP contribution in [0.25, 0.3) is 78.6 Å². The Balaban J connectivity index is 1.14. The number of hydrogen-bond donors (Lipinski definition) is 0. The summed E-state index contributed by atoms with van der Waals surface area (Å²) in [6.45, 7) is 4.69. The Hall–Kier alpha value is -6.64. The Morgan fingerprint density at radius 1 is 0.444 bits per heavy atom. The highest BCUT2D eigenvalue weighted by molar-refractivity contribution is 6.05. The maximum atomic E-state index is 5.29. The summed E-state index contributed by atoms with van der Waals surface area (Å²) in [5, 5.41) is 2.38. The lowest BCUT2D eigenvalue weighted by atomic mass is 9.81. The molecular weight excluding hydrogens is 653 g/mol. The van der Waals surface area contributed by atoms with Crippen molar-refractivity contribution in [1.29, 1.82) is 0 Å². The Kier molecular flexibility index (Phi) is 7.59. The van der Waals surface area contributed by atoms with E-state index in [0.717, 1.165) is 34.5 Å². The zero-order valence-corrected chi connectivity index (χ0v) is 30.4. The normalized spacial score (nSPS) is 13.9. The molecule has 1 heterocycles. The van der Waals surface area contributed by atoms with E-state index in [1.807, 2.05) is 6.07 Å². The van der Waals surface area contributed by atoms with Crippen LogP contribution in [0.4, 0.5) is 0 Å². The number of hydrogen-bond acceptors (Lipinski definition) is 2. The first kappa shape index (κ1) is 32.0. The van der Waals surface area contributed by atoms with E-state index in [0.29, 0.717) is 5.82 Å². The smallest absolute Gasteiger partial charge is 0.160 e. The standard InChI is InChI=1S/C52H38N2/c1-52(2)47-27-14-13-24-43(47)44-29-28-36(32-48(44)52)38-30-31-46(42-23-12-11-21-39(38)42)50-33-49(53-51(54-50)35-18-7-4-8-19-35)45-26-15-25-40-37(20-9-10-22-41(40)45)34-16-5-3-6-17-34/h3-8,10-33H,9H2,1-2H3. The number of allylic oxidation sites excluding steroid dienone is 2. The van der Waals surface area contributed by atoms with Crippen LogP contribution >= 0.6 is 0 Å². The van der Waals surface area contributed by atoms with Crippen molar-refractivity contribution >= 4 is 22.4 Å². The van der Waals surface area contributed by atoms with E-state index >= 15 is 0 Å². The summed E-state index contributed by atoms with van der Waals surface area (Å²) < 4.78 is 0. The second kappa shape index (κ2) is 12.8. The second-order valence-corrected chi connectivity index (χ2v) is 14.9. The molecule has 0 spiro atoms. The van der Waals surface area contributed by atoms with E-state index in [9.17, 15) is 0 Å². The van der Waals surface area contributed by atoms with E-state index in [2.05, 4.69) is 190 Å². The molecule has 10 rings (SSSR count). The molecule has 0 aliphatic heterocycles. The van der Waals surface area contributed by atoms with Crippen LogP contribution in [0, 0.1) is 0 Å². The van der Waals surface area contributed by atoms with Crippen molar-refractivity contribution in [2.24, 2.45) is 0 Å². The van der Waals surface area contributed by atoms with Gasteiger partial charge < -0.3 is 0 Å². The molecule has 0 N–H and O–H groups in total. The van der Waals surface area contributed by atoms with Crippen molar-refractivity contribution in [3.63, 3.8) is 0 Å². The van der Waals surface area contributed by atoms with Gasteiger partial charge in [0.25, 0.3) is 0 Å². The number of rotatable bonds is 5. The van der Waals surface area contributed by atoms with Crippen LogP contribution in [0.3, 0.4) is 0 Å². The van der Waals surface area contributed by atoms with Crippen LogP contribution in [0.5, 0.6) is 0 Å². The van der Waals surface area contributed by atoms with Crippen molar-refractivity contribution < 1.29 is 0 Å². The molecule has 2 aliphatic carbocycles. The lowest BCUT2D eigenvalue weighted by Crippen LogP contribution is -2.14. The molecule has 8 aromatic rings. The number of nitrogens with zero attached hydrogens (tertiary/aromatic N) is 2. The average Bonchev–Trinajstić information content (AvgIpc) is 3.33. The van der Waals surface area contributed by atoms with Gasteiger partial charge in [0.1, 0.15) is 0 Å². The van der Waals surface area contributed by atoms with Gasteiger partial charge in [-0.25, -0.2) is 9.97 Å². The van der Waals surface area contributed by atoms with Crippen LogP contribution in [0.2, 0.25) is 0 Å². The summed E-state index contributed by atoms with van der Waals surface area (Å²) in [7, 11) is 0. The Morgan fingerprint density at radius 3 is 1.83 bits per heavy atom. The molecule has 0 fully saturated rings. The second-order valence-electron chi connectivity index (χ2n) is 14.9. The molecule has 2 nitrogen and oxygen atoms in total. The lowest BCUT2D eigenvalue weighted by Gasteiger charge is -2.22. The van der Waals surface area contributed by atoms with Crippen LogP contribution in [0.1, 0.15) is 48.1 Å². The minimum atomic E-state index is -0.0641. The lowest BCUT2D eigenvalue weighted by molar-refractivity contribution is 0.660. The maximum absolute atomic E-state index is 5.29. The summed E-state index contributed by atoms with van der Waals surface area (Å²) in [5.41, 5.74) is 17.7. The maximum Gasteiger partial charge on any atom is 0.160 e. The van der Waals surface area contributed by atoms with E-state index in [1.165, 1.54) is 66.4 Å². The van der Waals surface area contributed by atoms with Gasteiger partial charge in [-0.05, 0) is 85.0 Å². The van der Waals surface area contributed by atoms with E-state index in [4.69, 9.17) is 9.97 Å². The molecule has 0 amide bonds. The number of benzene rings is 7. The van der Waals surface area contributed by atoms with Gasteiger partial charge in [-0.3, -0.25) is 0 Å². The minimum Gasteiger partial charge on any atom is -0.228 e. The fourth-order valence-corrected chi connectivity index (χ4v) is 8.66. The number of aromatic nitrogens is 2. The SMILES string of the molecule is CC1(C)c2ccccc2-c2ccc(-c3ccc(-c4cc(-c5cccc6c5C=CCC=C6c5ccccc5)nc(-c5ccccc5)n4)c4ccccc34)cc21. The highest BCUT2D eigenvalue weighted by Gasteiger charge is 2.35. The fraction of sp³-hybridized carbons (Fsp3) is 0.0769. The minimum absolute atomic E-state index is 0.0641. The quantitative estimate of drug-likeness (QED) is 0.180. The molecule has 7 aromatic carbocycles. The largest absolute Gasteiger partial charge is 0.228 e. The van der Waals surface area contributed by atoms with E-state index in [1.54, 1.807) is 0 Å². The van der Waals surface area contributed by atoms with Gasteiger partial charge in [-0.1, -0.05) is 184 Å². The van der Waals surface area contributed by atoms with E-state index in [-0.39, 0.29) is 5.41 Å². The zero-order chi connectivity index (χ0) is 36.2. The topological polar surface area (TPSA) is 25.8 Å². The highest BCUT2D eigenvalue weighted by atomic mass is 14.9. The summed E-state index contributed by atoms with van der Waals surface area (Å²) in [4.78, 5) is 10.6. The molecule has 0 atom stereocenters. The van der Waals surface area contributed by atoms with Crippen molar-refractivity contribution in [3.05, 3.63) is 204 Å². The first-order valence-corrected chi connectivity index (χ1v) is 18.8. The molecule has 1 aromatic heterocycles. The molecule has 0 unspecified atom stereocenters. The number of fused-ring (bicyclic) bond motifs is 5. The molecule has 0 radical (unpaired) electrons. The van der Waals surface area contributed by atoms with Crippen molar-refractivity contribution in [2.75, 3.05) is 0 Å². The molecule has 2 heteroatoms. The first-order valence-electron chi connectivity index (χ1n) is 18.8. The van der Waals surface area contributed by atoms with Crippen LogP contribution in [-0.4, -0.2) is 9.97 Å². The highest BCUT2D eigenvalue weighted by Crippen LogP contribution is 2.50.